The van der Waals surface area contributed by atoms with Crippen molar-refractivity contribution in [3.63, 3.8) is 0 Å². The zero-order valence-electron chi connectivity index (χ0n) is 12.3. The van der Waals surface area contributed by atoms with Gasteiger partial charge in [-0.2, -0.15) is 17.4 Å². The van der Waals surface area contributed by atoms with Gasteiger partial charge in [-0.3, -0.25) is 0 Å². The zero-order chi connectivity index (χ0) is 14.2. The van der Waals surface area contributed by atoms with E-state index in [1.54, 1.807) is 4.31 Å². The summed E-state index contributed by atoms with van der Waals surface area (Å²) in [5, 5.41) is 3.48. The van der Waals surface area contributed by atoms with Crippen LogP contribution in [0, 0.1) is 5.92 Å². The van der Waals surface area contributed by atoms with Crippen molar-refractivity contribution in [2.45, 2.75) is 70.0 Å². The molecule has 1 aliphatic heterocycles. The molecule has 0 aromatic carbocycles. The summed E-state index contributed by atoms with van der Waals surface area (Å²) >= 11 is 0. The molecule has 2 N–H and O–H groups in total. The van der Waals surface area contributed by atoms with E-state index < -0.39 is 10.2 Å². The molecule has 2 unspecified atom stereocenters. The quantitative estimate of drug-likeness (QED) is 0.743. The number of nitrogens with one attached hydrogen (secondary N) is 2. The van der Waals surface area contributed by atoms with E-state index in [1.807, 2.05) is 6.92 Å². The molecule has 0 radical (unpaired) electrons. The van der Waals surface area contributed by atoms with Crippen LogP contribution in [0.4, 0.5) is 0 Å². The fraction of sp³-hybridized carbons (Fsp3) is 1.00. The van der Waals surface area contributed by atoms with Crippen molar-refractivity contribution in [3.8, 4) is 0 Å². The zero-order valence-corrected chi connectivity index (χ0v) is 13.2. The Labute approximate surface area is 122 Å². The molecule has 116 valence electrons. The van der Waals surface area contributed by atoms with Gasteiger partial charge in [0.2, 0.25) is 0 Å². The molecule has 2 atom stereocenters. The topological polar surface area (TPSA) is 61.4 Å². The molecule has 3 aliphatic rings. The number of nitrogens with zero attached hydrogens (tertiary/aromatic N) is 1. The predicted octanol–water partition coefficient (Wildman–Crippen LogP) is 1.23. The summed E-state index contributed by atoms with van der Waals surface area (Å²) in [6.45, 7) is 3.48. The molecule has 0 amide bonds. The molecule has 1 heterocycles. The van der Waals surface area contributed by atoms with E-state index in [0.29, 0.717) is 18.5 Å². The minimum atomic E-state index is -3.32. The van der Waals surface area contributed by atoms with Gasteiger partial charge in [-0.15, -0.1) is 0 Å². The van der Waals surface area contributed by atoms with Crippen LogP contribution in [0.2, 0.25) is 0 Å². The van der Waals surface area contributed by atoms with Crippen molar-refractivity contribution in [2.75, 3.05) is 13.1 Å². The largest absolute Gasteiger partial charge is 0.312 e. The molecule has 2 saturated carbocycles. The third-order valence-corrected chi connectivity index (χ3v) is 6.53. The highest BCUT2D eigenvalue weighted by Gasteiger charge is 2.37. The predicted molar refractivity (Wildman–Crippen MR) is 79.6 cm³/mol. The van der Waals surface area contributed by atoms with Crippen LogP contribution in [0.1, 0.15) is 51.9 Å². The van der Waals surface area contributed by atoms with Crippen LogP contribution in [-0.2, 0) is 10.2 Å². The normalized spacial score (nSPS) is 30.4. The van der Waals surface area contributed by atoms with E-state index in [9.17, 15) is 8.42 Å². The Hall–Kier alpha value is -0.170. The van der Waals surface area contributed by atoms with E-state index in [0.717, 1.165) is 38.6 Å². The van der Waals surface area contributed by atoms with Crippen molar-refractivity contribution >= 4 is 10.2 Å². The first-order valence-electron chi connectivity index (χ1n) is 8.09. The van der Waals surface area contributed by atoms with Gasteiger partial charge >= 0.3 is 0 Å². The van der Waals surface area contributed by atoms with E-state index in [1.165, 1.54) is 12.8 Å². The van der Waals surface area contributed by atoms with Crippen LogP contribution >= 0.6 is 0 Å². The smallest absolute Gasteiger partial charge is 0.279 e. The van der Waals surface area contributed by atoms with E-state index in [-0.39, 0.29) is 12.1 Å². The number of hydrogen-bond acceptors (Lipinski definition) is 3. The number of piperidine rings is 1. The van der Waals surface area contributed by atoms with Crippen LogP contribution in [0.25, 0.3) is 0 Å². The second kappa shape index (κ2) is 5.91. The van der Waals surface area contributed by atoms with Gasteiger partial charge in [-0.1, -0.05) is 6.42 Å². The van der Waals surface area contributed by atoms with Crippen molar-refractivity contribution in [3.05, 3.63) is 0 Å². The molecule has 1 saturated heterocycles. The third-order valence-electron chi connectivity index (χ3n) is 4.77. The van der Waals surface area contributed by atoms with Crippen LogP contribution in [0.3, 0.4) is 0 Å². The van der Waals surface area contributed by atoms with Gasteiger partial charge in [0.1, 0.15) is 0 Å². The van der Waals surface area contributed by atoms with E-state index >= 15 is 0 Å². The fourth-order valence-corrected chi connectivity index (χ4v) is 4.82. The van der Waals surface area contributed by atoms with Gasteiger partial charge in [0.25, 0.3) is 10.2 Å². The lowest BCUT2D eigenvalue weighted by Crippen LogP contribution is -2.54. The van der Waals surface area contributed by atoms with Crippen molar-refractivity contribution in [1.29, 1.82) is 0 Å². The maximum Gasteiger partial charge on any atom is 0.279 e. The maximum absolute atomic E-state index is 12.6. The molecule has 0 aromatic heterocycles. The molecule has 6 heteroatoms. The molecule has 0 spiro atoms. The molecule has 5 nitrogen and oxygen atoms in total. The van der Waals surface area contributed by atoms with Gasteiger partial charge in [0.15, 0.2) is 0 Å². The summed E-state index contributed by atoms with van der Waals surface area (Å²) in [6.07, 6.45) is 7.93. The first-order valence-corrected chi connectivity index (χ1v) is 9.53. The summed E-state index contributed by atoms with van der Waals surface area (Å²) < 4.78 is 29.8. The van der Waals surface area contributed by atoms with Crippen LogP contribution in [0.15, 0.2) is 0 Å². The average Bonchev–Trinajstić information content (AvgIpc) is 3.29. The Balaban J connectivity index is 1.60. The average molecular weight is 301 g/mol. The lowest BCUT2D eigenvalue weighted by atomic mass is 10.1. The van der Waals surface area contributed by atoms with Crippen LogP contribution < -0.4 is 10.0 Å². The molecular formula is C14H27N3O2S. The first kappa shape index (κ1) is 14.8. The summed E-state index contributed by atoms with van der Waals surface area (Å²) in [5.74, 6) is 0.553. The van der Waals surface area contributed by atoms with Gasteiger partial charge in [0, 0.05) is 31.2 Å². The van der Waals surface area contributed by atoms with E-state index in [2.05, 4.69) is 10.0 Å². The molecular weight excluding hydrogens is 274 g/mol. The van der Waals surface area contributed by atoms with Gasteiger partial charge in [-0.05, 0) is 51.4 Å². The lowest BCUT2D eigenvalue weighted by molar-refractivity contribution is 0.240. The monoisotopic (exact) mass is 301 g/mol. The second-order valence-electron chi connectivity index (χ2n) is 6.69. The molecule has 2 aliphatic carbocycles. The lowest BCUT2D eigenvalue weighted by Gasteiger charge is -2.35. The third kappa shape index (κ3) is 3.72. The highest BCUT2D eigenvalue weighted by atomic mass is 32.2. The van der Waals surface area contributed by atoms with E-state index in [4.69, 9.17) is 0 Å². The molecule has 3 rings (SSSR count). The summed E-state index contributed by atoms with van der Waals surface area (Å²) in [7, 11) is -3.32. The summed E-state index contributed by atoms with van der Waals surface area (Å²) in [5.41, 5.74) is 0. The van der Waals surface area contributed by atoms with Gasteiger partial charge < -0.3 is 5.32 Å². The Bertz CT molecular complexity index is 432. The summed E-state index contributed by atoms with van der Waals surface area (Å²) in [6, 6.07) is 0.854. The molecule has 0 bridgehead atoms. The van der Waals surface area contributed by atoms with Crippen molar-refractivity contribution in [1.82, 2.24) is 14.3 Å². The highest BCUT2D eigenvalue weighted by Crippen LogP contribution is 2.33. The Kier molecular flexibility index (Phi) is 4.36. The minimum absolute atomic E-state index is 0.0824. The first-order chi connectivity index (χ1) is 9.56. The second-order valence-corrected chi connectivity index (χ2v) is 8.35. The van der Waals surface area contributed by atoms with Gasteiger partial charge in [-0.25, -0.2) is 0 Å². The van der Waals surface area contributed by atoms with Crippen molar-refractivity contribution < 1.29 is 8.42 Å². The fourth-order valence-electron chi connectivity index (χ4n) is 3.08. The Morgan fingerprint density at radius 1 is 1.15 bits per heavy atom. The molecule has 3 fully saturated rings. The maximum atomic E-state index is 12.6. The Morgan fingerprint density at radius 2 is 1.90 bits per heavy atom. The highest BCUT2D eigenvalue weighted by molar-refractivity contribution is 7.87. The number of hydrogen-bond donors (Lipinski definition) is 2. The minimum Gasteiger partial charge on any atom is -0.312 e. The van der Waals surface area contributed by atoms with Crippen LogP contribution in [0.5, 0.6) is 0 Å². The SMILES string of the molecule is CC(NS(=O)(=O)N1CCCCC1CNC1CC1)C1CC1. The van der Waals surface area contributed by atoms with Crippen LogP contribution in [-0.4, -0.2) is 43.9 Å². The number of rotatable bonds is 7. The summed E-state index contributed by atoms with van der Waals surface area (Å²) in [4.78, 5) is 0. The Morgan fingerprint density at radius 3 is 2.55 bits per heavy atom. The van der Waals surface area contributed by atoms with Gasteiger partial charge in [0.05, 0.1) is 0 Å². The standard InChI is InChI=1S/C14H27N3O2S/c1-11(12-5-6-12)16-20(18,19)17-9-3-2-4-14(17)10-15-13-7-8-13/h11-16H,2-10H2,1H3. The molecule has 20 heavy (non-hydrogen) atoms. The van der Waals surface area contributed by atoms with Crippen molar-refractivity contribution in [2.24, 2.45) is 5.92 Å². The molecule has 0 aromatic rings.